The van der Waals surface area contributed by atoms with E-state index in [4.69, 9.17) is 0 Å². The summed E-state index contributed by atoms with van der Waals surface area (Å²) in [6, 6.07) is 38.0. The lowest BCUT2D eigenvalue weighted by Crippen LogP contribution is -2.16. The van der Waals surface area contributed by atoms with Crippen molar-refractivity contribution < 1.29 is 29.4 Å². The molecule has 0 aliphatic carbocycles. The largest absolute Gasteiger partial charge is 0.478 e. The molecule has 0 fully saturated rings. The number of rotatable bonds is 12. The summed E-state index contributed by atoms with van der Waals surface area (Å²) in [5, 5.41) is 24.6. The van der Waals surface area contributed by atoms with Gasteiger partial charge in [-0.1, -0.05) is 98.6 Å². The van der Waals surface area contributed by atoms with Gasteiger partial charge in [0, 0.05) is 31.5 Å². The first-order chi connectivity index (χ1) is 26.0. The van der Waals surface area contributed by atoms with E-state index in [0.29, 0.717) is 8.95 Å². The highest BCUT2D eigenvalue weighted by Gasteiger charge is 2.17. The Morgan fingerprint density at radius 3 is 1.63 bits per heavy atom. The first-order valence-electron chi connectivity index (χ1n) is 16.0. The van der Waals surface area contributed by atoms with E-state index >= 15 is 0 Å². The number of thioether (sulfide) groups is 2. The number of anilines is 2. The van der Waals surface area contributed by atoms with Gasteiger partial charge < -0.3 is 20.8 Å². The van der Waals surface area contributed by atoms with E-state index in [1.54, 1.807) is 60.4 Å². The van der Waals surface area contributed by atoms with Crippen LogP contribution in [-0.4, -0.2) is 43.9 Å². The predicted molar refractivity (Wildman–Crippen MR) is 219 cm³/mol. The van der Waals surface area contributed by atoms with Gasteiger partial charge in [-0.25, -0.2) is 14.6 Å². The monoisotopic (exact) mass is 884 g/mol. The van der Waals surface area contributed by atoms with Gasteiger partial charge >= 0.3 is 11.9 Å². The Labute approximate surface area is 336 Å². The maximum absolute atomic E-state index is 12.5. The van der Waals surface area contributed by atoms with Crippen molar-refractivity contribution in [3.63, 3.8) is 0 Å². The van der Waals surface area contributed by atoms with Crippen molar-refractivity contribution in [3.8, 4) is 0 Å². The Morgan fingerprint density at radius 1 is 0.574 bits per heavy atom. The van der Waals surface area contributed by atoms with E-state index in [2.05, 4.69) is 52.5 Å². The number of amides is 2. The number of aromatic nitrogens is 2. The average Bonchev–Trinajstić information content (AvgIpc) is 3.18. The molecule has 14 heteroatoms. The number of benzene rings is 4. The molecule has 2 amide bonds. The molecule has 4 aromatic carbocycles. The number of nitrogens with zero attached hydrogens (tertiary/aromatic N) is 2. The quantitative estimate of drug-likeness (QED) is 0.0872. The van der Waals surface area contributed by atoms with E-state index in [1.807, 2.05) is 72.8 Å². The molecule has 6 rings (SSSR count). The zero-order valence-electron chi connectivity index (χ0n) is 28.1. The number of nitrogens with one attached hydrogen (secondary N) is 2. The smallest absolute Gasteiger partial charge is 0.337 e. The molecular formula is C40H30Br2N4O6S2. The van der Waals surface area contributed by atoms with Crippen molar-refractivity contribution in [3.05, 3.63) is 176 Å². The van der Waals surface area contributed by atoms with Crippen molar-refractivity contribution in [2.24, 2.45) is 0 Å². The summed E-state index contributed by atoms with van der Waals surface area (Å²) in [5.74, 6) is -1.63. The summed E-state index contributed by atoms with van der Waals surface area (Å²) in [4.78, 5) is 57.2. The molecule has 0 atom stereocenters. The number of carbonyl (C=O) groups excluding carboxylic acids is 2. The molecule has 2 aromatic heterocycles. The second-order valence-electron chi connectivity index (χ2n) is 11.2. The molecule has 0 aliphatic heterocycles. The van der Waals surface area contributed by atoms with Crippen LogP contribution < -0.4 is 10.6 Å². The Balaban J connectivity index is 0.000000208. The molecule has 0 aliphatic rings. The first kappa shape index (κ1) is 39.9. The maximum atomic E-state index is 12.5. The Bertz CT molecular complexity index is 2120. The SMILES string of the molecule is O=C(Nc1ccc(Br)cc1C(=O)O)c1cc(SCc2ccccc2)ccn1.O=C(Nc1ccc(Br)cc1C(=O)O)c1cccc(SCc2ccccc2)n1. The van der Waals surface area contributed by atoms with Crippen LogP contribution in [0.4, 0.5) is 11.4 Å². The third-order valence-electron chi connectivity index (χ3n) is 7.32. The molecule has 0 spiro atoms. The highest BCUT2D eigenvalue weighted by molar-refractivity contribution is 9.10. The van der Waals surface area contributed by atoms with Gasteiger partial charge in [-0.05, 0) is 71.8 Å². The van der Waals surface area contributed by atoms with Crippen molar-refractivity contribution >= 4 is 90.5 Å². The average molecular weight is 887 g/mol. The number of hydrogen-bond donors (Lipinski definition) is 4. The van der Waals surface area contributed by atoms with Crippen LogP contribution >= 0.6 is 55.4 Å². The number of carboxylic acids is 2. The fraction of sp³-hybridized carbons (Fsp3) is 0.0500. The lowest BCUT2D eigenvalue weighted by Gasteiger charge is -2.09. The molecule has 0 unspecified atom stereocenters. The van der Waals surface area contributed by atoms with Gasteiger partial charge in [-0.15, -0.1) is 23.5 Å². The van der Waals surface area contributed by atoms with Crippen LogP contribution in [0.3, 0.4) is 0 Å². The molecule has 0 radical (unpaired) electrons. The highest BCUT2D eigenvalue weighted by Crippen LogP contribution is 2.26. The lowest BCUT2D eigenvalue weighted by molar-refractivity contribution is 0.0686. The Hall–Kier alpha value is -5.28. The van der Waals surface area contributed by atoms with Gasteiger partial charge in [0.25, 0.3) is 11.8 Å². The lowest BCUT2D eigenvalue weighted by atomic mass is 10.1. The van der Waals surface area contributed by atoms with E-state index in [1.165, 1.54) is 35.0 Å². The number of halogens is 2. The van der Waals surface area contributed by atoms with E-state index in [-0.39, 0.29) is 33.9 Å². The Morgan fingerprint density at radius 2 is 1.09 bits per heavy atom. The molecule has 0 saturated heterocycles. The number of carbonyl (C=O) groups is 4. The molecule has 272 valence electrons. The van der Waals surface area contributed by atoms with Gasteiger partial charge in [0.05, 0.1) is 27.5 Å². The zero-order chi connectivity index (χ0) is 38.5. The third kappa shape index (κ3) is 11.9. The van der Waals surface area contributed by atoms with Crippen molar-refractivity contribution in [1.82, 2.24) is 9.97 Å². The zero-order valence-corrected chi connectivity index (χ0v) is 32.9. The van der Waals surface area contributed by atoms with Crippen LogP contribution in [0.15, 0.2) is 152 Å². The molecule has 0 saturated carbocycles. The molecule has 0 bridgehead atoms. The topological polar surface area (TPSA) is 159 Å². The summed E-state index contributed by atoms with van der Waals surface area (Å²) >= 11 is 9.59. The normalized spacial score (nSPS) is 10.4. The van der Waals surface area contributed by atoms with Gasteiger partial charge in [-0.2, -0.15) is 0 Å². The minimum absolute atomic E-state index is 0.00679. The fourth-order valence-corrected chi connectivity index (χ4v) is 7.14. The van der Waals surface area contributed by atoms with Crippen LogP contribution in [0.2, 0.25) is 0 Å². The summed E-state index contributed by atoms with van der Waals surface area (Å²) in [6.07, 6.45) is 1.57. The predicted octanol–water partition coefficient (Wildman–Crippen LogP) is 10.2. The number of hydrogen-bond acceptors (Lipinski definition) is 8. The van der Waals surface area contributed by atoms with Gasteiger partial charge in [0.15, 0.2) is 0 Å². The van der Waals surface area contributed by atoms with Crippen LogP contribution in [0, 0.1) is 0 Å². The summed E-state index contributed by atoms with van der Waals surface area (Å²) in [7, 11) is 0. The second kappa shape index (κ2) is 19.7. The minimum Gasteiger partial charge on any atom is -0.478 e. The Kier molecular flexibility index (Phi) is 14.6. The standard InChI is InChI=1S/2C20H15BrN2O3S/c21-14-9-10-16(15(11-14)20(25)26)23-19(24)17-7-4-8-18(22-17)27-12-13-5-2-1-3-6-13;21-14-6-7-17(16(10-14)20(25)26)23-19(24)18-11-15(8-9-22-18)27-12-13-4-2-1-3-5-13/h2*1-11H,12H2,(H,23,24)(H,25,26). The highest BCUT2D eigenvalue weighted by atomic mass is 79.9. The summed E-state index contributed by atoms with van der Waals surface area (Å²) < 4.78 is 1.24. The summed E-state index contributed by atoms with van der Waals surface area (Å²) in [6.45, 7) is 0. The van der Waals surface area contributed by atoms with E-state index in [9.17, 15) is 29.4 Å². The molecule has 10 nitrogen and oxygen atoms in total. The molecule has 2 heterocycles. The van der Waals surface area contributed by atoms with Gasteiger partial charge in [0.2, 0.25) is 0 Å². The van der Waals surface area contributed by atoms with Crippen molar-refractivity contribution in [1.29, 1.82) is 0 Å². The molecular weight excluding hydrogens is 856 g/mol. The first-order valence-corrected chi connectivity index (χ1v) is 19.6. The van der Waals surface area contributed by atoms with Crippen LogP contribution in [0.1, 0.15) is 52.8 Å². The summed E-state index contributed by atoms with van der Waals surface area (Å²) in [5.41, 5.74) is 3.27. The maximum Gasteiger partial charge on any atom is 0.337 e. The third-order valence-corrected chi connectivity index (χ3v) is 10.4. The number of aromatic carboxylic acids is 2. The van der Waals surface area contributed by atoms with Crippen molar-refractivity contribution in [2.75, 3.05) is 10.6 Å². The van der Waals surface area contributed by atoms with Crippen LogP contribution in [0.25, 0.3) is 0 Å². The van der Waals surface area contributed by atoms with Crippen LogP contribution in [-0.2, 0) is 11.5 Å². The minimum atomic E-state index is -1.12. The van der Waals surface area contributed by atoms with Gasteiger partial charge in [-0.3, -0.25) is 14.6 Å². The van der Waals surface area contributed by atoms with Crippen molar-refractivity contribution in [2.45, 2.75) is 21.4 Å². The second-order valence-corrected chi connectivity index (χ2v) is 15.1. The number of carboxylic acid groups (broad SMARTS) is 2. The van der Waals surface area contributed by atoms with Gasteiger partial charge in [0.1, 0.15) is 11.4 Å². The fourth-order valence-electron chi connectivity index (χ4n) is 4.70. The molecule has 6 aromatic rings. The number of pyridine rings is 2. The molecule has 54 heavy (non-hydrogen) atoms. The van der Waals surface area contributed by atoms with E-state index < -0.39 is 23.8 Å². The van der Waals surface area contributed by atoms with E-state index in [0.717, 1.165) is 21.4 Å². The van der Waals surface area contributed by atoms with Crippen LogP contribution in [0.5, 0.6) is 0 Å². The molecule has 4 N–H and O–H groups in total.